The number of aliphatic carboxylic acids is 1. The molecule has 7 atom stereocenters. The van der Waals surface area contributed by atoms with E-state index in [0.29, 0.717) is 23.3 Å². The predicted molar refractivity (Wildman–Crippen MR) is 172 cm³/mol. The van der Waals surface area contributed by atoms with Gasteiger partial charge < -0.3 is 19.9 Å². The highest BCUT2D eigenvalue weighted by molar-refractivity contribution is 5.92. The standard InChI is InChI=1S/C38H49NO4/c1-21(33(41)42)10-9-14-36(6)30-12-11-23-18-26-25-19-24-22(16-28-27(24)20-34(2,3)43-35(28,4)5)17-29(25)39-32(26)38(23,8)37(30,7)15-13-31(36)40/h9-10,14,17,19-20,23,28,30-31,39-40H,11-13,15-16,18H2,1-8H3,(H,41,42)/t23-,28-,30-,31-,36-,37-,38+/m0/s1. The molecule has 7 rings (SSSR count). The van der Waals surface area contributed by atoms with E-state index in [0.717, 1.165) is 38.5 Å². The molecule has 3 N–H and O–H groups in total. The fourth-order valence-corrected chi connectivity index (χ4v) is 10.9. The molecule has 2 aromatic rings. The van der Waals surface area contributed by atoms with Crippen molar-refractivity contribution in [3.8, 4) is 0 Å². The number of nitrogens with one attached hydrogen (secondary N) is 1. The number of hydrogen-bond donors (Lipinski definition) is 3. The SMILES string of the molecule is CC(=CC=C[C@]1(C)[C@@H](O)CC[C@@]2(C)[C@H]1CC[C@H]1Cc3c([nH]c4cc5c(cc34)C3=CC(C)(C)OC(C)(C)[C@H]3C5)[C@@]12C)C(=O)O. The first-order valence-electron chi connectivity index (χ1n) is 16.4. The Morgan fingerprint density at radius 2 is 1.79 bits per heavy atom. The monoisotopic (exact) mass is 583 g/mol. The number of rotatable bonds is 3. The second kappa shape index (κ2) is 8.97. The van der Waals surface area contributed by atoms with Gasteiger partial charge in [-0.3, -0.25) is 0 Å². The molecule has 0 radical (unpaired) electrons. The zero-order valence-corrected chi connectivity index (χ0v) is 27.2. The number of benzene rings is 1. The smallest absolute Gasteiger partial charge is 0.331 e. The van der Waals surface area contributed by atoms with Crippen molar-refractivity contribution < 1.29 is 19.7 Å². The van der Waals surface area contributed by atoms with E-state index < -0.39 is 17.5 Å². The lowest BCUT2D eigenvalue weighted by Crippen LogP contribution is -2.61. The van der Waals surface area contributed by atoms with Gasteiger partial charge in [-0.1, -0.05) is 39.0 Å². The second-order valence-electron chi connectivity index (χ2n) is 16.3. The van der Waals surface area contributed by atoms with Crippen molar-refractivity contribution in [1.82, 2.24) is 4.98 Å². The molecule has 1 aliphatic heterocycles. The molecule has 0 amide bonds. The van der Waals surface area contributed by atoms with Crippen LogP contribution in [0, 0.1) is 28.6 Å². The molecule has 2 heterocycles. The van der Waals surface area contributed by atoms with Gasteiger partial charge in [0.1, 0.15) is 0 Å². The van der Waals surface area contributed by atoms with E-state index in [1.54, 1.807) is 13.0 Å². The Morgan fingerprint density at radius 1 is 1.05 bits per heavy atom. The quantitative estimate of drug-likeness (QED) is 0.253. The maximum Gasteiger partial charge on any atom is 0.331 e. The van der Waals surface area contributed by atoms with E-state index in [2.05, 4.69) is 77.7 Å². The Bertz CT molecular complexity index is 1640. The number of aliphatic hydroxyl groups excluding tert-OH is 1. The molecule has 4 aliphatic carbocycles. The number of hydrogen-bond acceptors (Lipinski definition) is 3. The van der Waals surface area contributed by atoms with Crippen LogP contribution in [0.5, 0.6) is 0 Å². The number of ether oxygens (including phenoxy) is 1. The van der Waals surface area contributed by atoms with Crippen LogP contribution in [0.2, 0.25) is 0 Å². The molecule has 2 fully saturated rings. The van der Waals surface area contributed by atoms with Crippen LogP contribution < -0.4 is 0 Å². The number of aromatic nitrogens is 1. The largest absolute Gasteiger partial charge is 0.478 e. The number of fused-ring (bicyclic) bond motifs is 10. The van der Waals surface area contributed by atoms with Crippen molar-refractivity contribution in [3.63, 3.8) is 0 Å². The molecule has 1 aromatic heterocycles. The first-order valence-corrected chi connectivity index (χ1v) is 16.4. The minimum Gasteiger partial charge on any atom is -0.478 e. The lowest BCUT2D eigenvalue weighted by Gasteiger charge is -2.64. The summed E-state index contributed by atoms with van der Waals surface area (Å²) >= 11 is 0. The number of aromatic amines is 1. The number of H-pyrrole nitrogens is 1. The van der Waals surface area contributed by atoms with Gasteiger partial charge in [0.25, 0.3) is 0 Å². The number of carboxylic acid groups (broad SMARTS) is 1. The van der Waals surface area contributed by atoms with Gasteiger partial charge in [0.05, 0.1) is 17.3 Å². The lowest BCUT2D eigenvalue weighted by atomic mass is 9.40. The van der Waals surface area contributed by atoms with Gasteiger partial charge >= 0.3 is 5.97 Å². The zero-order valence-electron chi connectivity index (χ0n) is 27.2. The van der Waals surface area contributed by atoms with Gasteiger partial charge in [0.15, 0.2) is 0 Å². The van der Waals surface area contributed by atoms with Crippen LogP contribution in [-0.2, 0) is 27.8 Å². The first-order chi connectivity index (χ1) is 20.0. The van der Waals surface area contributed by atoms with Gasteiger partial charge in [0.2, 0.25) is 0 Å². The van der Waals surface area contributed by atoms with Gasteiger partial charge in [-0.25, -0.2) is 4.79 Å². The number of allylic oxidation sites excluding steroid dienone is 2. The maximum absolute atomic E-state index is 11.4. The molecule has 5 nitrogen and oxygen atoms in total. The van der Waals surface area contributed by atoms with E-state index in [9.17, 15) is 15.0 Å². The molecule has 5 heteroatoms. The van der Waals surface area contributed by atoms with E-state index >= 15 is 0 Å². The van der Waals surface area contributed by atoms with Crippen LogP contribution in [0.4, 0.5) is 0 Å². The number of aliphatic hydroxyl groups is 1. The van der Waals surface area contributed by atoms with Crippen molar-refractivity contribution in [2.45, 2.75) is 117 Å². The molecule has 0 unspecified atom stereocenters. The van der Waals surface area contributed by atoms with Crippen molar-refractivity contribution >= 4 is 22.4 Å². The van der Waals surface area contributed by atoms with E-state index in [-0.39, 0.29) is 22.0 Å². The van der Waals surface area contributed by atoms with Gasteiger partial charge in [-0.05, 0) is 131 Å². The highest BCUT2D eigenvalue weighted by Gasteiger charge is 2.66. The van der Waals surface area contributed by atoms with Crippen LogP contribution in [0.1, 0.15) is 103 Å². The minimum atomic E-state index is -0.906. The van der Waals surface area contributed by atoms with Crippen LogP contribution in [0.3, 0.4) is 0 Å². The van der Waals surface area contributed by atoms with Crippen molar-refractivity contribution in [2.24, 2.45) is 28.6 Å². The van der Waals surface area contributed by atoms with Crippen LogP contribution in [-0.4, -0.2) is 38.5 Å². The molecular weight excluding hydrogens is 534 g/mol. The van der Waals surface area contributed by atoms with Crippen molar-refractivity contribution in [2.75, 3.05) is 0 Å². The predicted octanol–water partition coefficient (Wildman–Crippen LogP) is 7.91. The van der Waals surface area contributed by atoms with Crippen LogP contribution >= 0.6 is 0 Å². The summed E-state index contributed by atoms with van der Waals surface area (Å²) < 4.78 is 6.53. The third-order valence-corrected chi connectivity index (χ3v) is 13.2. The third kappa shape index (κ3) is 3.86. The summed E-state index contributed by atoms with van der Waals surface area (Å²) in [5.74, 6) is 0.331. The summed E-state index contributed by atoms with van der Waals surface area (Å²) in [6, 6.07) is 4.93. The molecule has 5 aliphatic rings. The summed E-state index contributed by atoms with van der Waals surface area (Å²) in [7, 11) is 0. The van der Waals surface area contributed by atoms with Gasteiger partial charge in [-0.15, -0.1) is 0 Å². The number of carbonyl (C=O) groups is 1. The highest BCUT2D eigenvalue weighted by atomic mass is 16.5. The van der Waals surface area contributed by atoms with Crippen LogP contribution in [0.15, 0.2) is 42.0 Å². The van der Waals surface area contributed by atoms with E-state index in [4.69, 9.17) is 4.74 Å². The Labute approximate surface area is 256 Å². The summed E-state index contributed by atoms with van der Waals surface area (Å²) in [4.78, 5) is 15.4. The average Bonchev–Trinajstić information content (AvgIpc) is 3.54. The molecular formula is C38H49NO4. The zero-order chi connectivity index (χ0) is 30.9. The Balaban J connectivity index is 1.31. The minimum absolute atomic E-state index is 0.00295. The van der Waals surface area contributed by atoms with Gasteiger partial charge in [0, 0.05) is 38.9 Å². The molecule has 230 valence electrons. The fraction of sp³-hybridized carbons (Fsp3) is 0.605. The van der Waals surface area contributed by atoms with Crippen molar-refractivity contribution in [1.29, 1.82) is 0 Å². The first kappa shape index (κ1) is 29.1. The summed E-state index contributed by atoms with van der Waals surface area (Å²) in [5, 5.41) is 22.2. The maximum atomic E-state index is 11.4. The fourth-order valence-electron chi connectivity index (χ4n) is 10.9. The molecule has 1 aromatic carbocycles. The Kier molecular flexibility index (Phi) is 6.07. The summed E-state index contributed by atoms with van der Waals surface area (Å²) in [6.45, 7) is 17.7. The Hall–Kier alpha value is -2.63. The van der Waals surface area contributed by atoms with E-state index in [1.165, 1.54) is 38.9 Å². The molecule has 43 heavy (non-hydrogen) atoms. The molecule has 2 saturated carbocycles. The summed E-state index contributed by atoms with van der Waals surface area (Å²) in [6.07, 6.45) is 13.7. The molecule has 0 spiro atoms. The number of carboxylic acids is 1. The second-order valence-corrected chi connectivity index (χ2v) is 16.3. The van der Waals surface area contributed by atoms with Crippen molar-refractivity contribution in [3.05, 3.63) is 64.4 Å². The van der Waals surface area contributed by atoms with E-state index in [1.807, 2.05) is 6.08 Å². The molecule has 0 bridgehead atoms. The average molecular weight is 584 g/mol. The normalized spacial score (nSPS) is 39.2. The molecule has 0 saturated heterocycles. The third-order valence-electron chi connectivity index (χ3n) is 13.2. The topological polar surface area (TPSA) is 82.5 Å². The Morgan fingerprint density at radius 3 is 2.51 bits per heavy atom. The van der Waals surface area contributed by atoms with Gasteiger partial charge in [-0.2, -0.15) is 0 Å². The lowest BCUT2D eigenvalue weighted by molar-refractivity contribution is -0.144. The van der Waals surface area contributed by atoms with Crippen LogP contribution in [0.25, 0.3) is 16.5 Å². The highest BCUT2D eigenvalue weighted by Crippen LogP contribution is 2.70. The summed E-state index contributed by atoms with van der Waals surface area (Å²) in [5.41, 5.74) is 7.86.